The van der Waals surface area contributed by atoms with Gasteiger partial charge < -0.3 is 14.6 Å². The molecule has 0 saturated carbocycles. The van der Waals surface area contributed by atoms with Crippen molar-refractivity contribution in [2.45, 2.75) is 44.6 Å². The maximum atomic E-state index is 10.3. The Morgan fingerprint density at radius 2 is 1.81 bits per heavy atom. The molecule has 1 aliphatic carbocycles. The molecule has 2 aromatic rings. The van der Waals surface area contributed by atoms with Crippen molar-refractivity contribution in [3.63, 3.8) is 0 Å². The number of hydrogen-bond donors (Lipinski definition) is 2. The highest BCUT2D eigenvalue weighted by Crippen LogP contribution is 2.28. The third kappa shape index (κ3) is 5.51. The van der Waals surface area contributed by atoms with Crippen LogP contribution < -0.4 is 5.32 Å². The molecule has 0 amide bonds. The first kappa shape index (κ1) is 19.3. The first-order valence-electron chi connectivity index (χ1n) is 9.47. The van der Waals surface area contributed by atoms with Crippen molar-refractivity contribution in [2.24, 2.45) is 0 Å². The van der Waals surface area contributed by atoms with Gasteiger partial charge >= 0.3 is 0 Å². The maximum absolute atomic E-state index is 10.3. The molecule has 140 valence electrons. The molecular weight excluding hydrogens is 338 g/mol. The highest BCUT2D eigenvalue weighted by atomic mass is 16.6. The summed E-state index contributed by atoms with van der Waals surface area (Å²) in [4.78, 5) is 10.3. The molecule has 0 spiro atoms. The number of fused-ring (bicyclic) bond motifs is 2. The first-order chi connectivity index (χ1) is 13.3. The summed E-state index contributed by atoms with van der Waals surface area (Å²) in [7, 11) is 0. The van der Waals surface area contributed by atoms with Gasteiger partial charge in [0.2, 0.25) is 6.41 Å². The highest BCUT2D eigenvalue weighted by Gasteiger charge is 2.21. The third-order valence-corrected chi connectivity index (χ3v) is 4.67. The van der Waals surface area contributed by atoms with Crippen LogP contribution in [0.5, 0.6) is 0 Å². The Labute approximate surface area is 160 Å². The van der Waals surface area contributed by atoms with Gasteiger partial charge in [0.25, 0.3) is 0 Å². The quantitative estimate of drug-likeness (QED) is 0.311. The summed E-state index contributed by atoms with van der Waals surface area (Å²) in [6.07, 6.45) is 3.59. The number of rotatable bonds is 9. The molecular formula is C23H25NO3. The van der Waals surface area contributed by atoms with Crippen LogP contribution in [0, 0.1) is 11.8 Å². The summed E-state index contributed by atoms with van der Waals surface area (Å²) < 4.78 is 5.96. The normalized spacial score (nSPS) is 16.1. The standard InChI is InChI=1S/C23H25NO3/c25-16-8-2-1-7-15-24-23(26)27-22-17-20-11-4-3-9-18(20)13-14-19-10-5-6-12-21(19)22/h3-6,9-12,16,22-24,26H,1-2,7-8,15,17H2. The van der Waals surface area contributed by atoms with Crippen LogP contribution in [0.3, 0.4) is 0 Å². The van der Waals surface area contributed by atoms with Crippen LogP contribution in [0.15, 0.2) is 48.5 Å². The lowest BCUT2D eigenvalue weighted by Gasteiger charge is -2.25. The van der Waals surface area contributed by atoms with Gasteiger partial charge in [-0.3, -0.25) is 5.32 Å². The van der Waals surface area contributed by atoms with E-state index in [0.29, 0.717) is 19.4 Å². The molecule has 2 atom stereocenters. The molecule has 0 aromatic heterocycles. The lowest BCUT2D eigenvalue weighted by Crippen LogP contribution is -2.34. The number of ether oxygens (including phenoxy) is 1. The van der Waals surface area contributed by atoms with E-state index in [0.717, 1.165) is 47.8 Å². The van der Waals surface area contributed by atoms with Gasteiger partial charge in [-0.05, 0) is 42.6 Å². The number of benzene rings is 2. The van der Waals surface area contributed by atoms with E-state index < -0.39 is 6.41 Å². The number of hydrogen-bond acceptors (Lipinski definition) is 4. The minimum Gasteiger partial charge on any atom is -0.356 e. The molecule has 3 rings (SSSR count). The molecule has 2 N–H and O–H groups in total. The van der Waals surface area contributed by atoms with Crippen LogP contribution in [-0.4, -0.2) is 24.4 Å². The second-order valence-electron chi connectivity index (χ2n) is 6.65. The van der Waals surface area contributed by atoms with Crippen LogP contribution in [0.4, 0.5) is 0 Å². The van der Waals surface area contributed by atoms with E-state index in [9.17, 15) is 9.90 Å². The second kappa shape index (κ2) is 10.0. The largest absolute Gasteiger partial charge is 0.356 e. The molecule has 27 heavy (non-hydrogen) atoms. The van der Waals surface area contributed by atoms with Crippen LogP contribution in [-0.2, 0) is 16.0 Å². The fraction of sp³-hybridized carbons (Fsp3) is 0.348. The summed E-state index contributed by atoms with van der Waals surface area (Å²) >= 11 is 0. The average Bonchev–Trinajstić information content (AvgIpc) is 2.68. The van der Waals surface area contributed by atoms with Crippen molar-refractivity contribution in [1.29, 1.82) is 0 Å². The van der Waals surface area contributed by atoms with Gasteiger partial charge in [-0.2, -0.15) is 0 Å². The summed E-state index contributed by atoms with van der Waals surface area (Å²) in [5, 5.41) is 13.3. The van der Waals surface area contributed by atoms with Gasteiger partial charge in [0.1, 0.15) is 6.29 Å². The molecule has 4 nitrogen and oxygen atoms in total. The van der Waals surface area contributed by atoms with E-state index >= 15 is 0 Å². The zero-order chi connectivity index (χ0) is 18.9. The smallest absolute Gasteiger partial charge is 0.214 e. The Kier molecular flexibility index (Phi) is 7.18. The molecule has 0 radical (unpaired) electrons. The number of carbonyl (C=O) groups excluding carboxylic acids is 1. The number of nitrogens with one attached hydrogen (secondary N) is 1. The maximum Gasteiger partial charge on any atom is 0.214 e. The van der Waals surface area contributed by atoms with Crippen molar-refractivity contribution >= 4 is 6.29 Å². The number of aliphatic hydroxyl groups is 1. The fourth-order valence-electron chi connectivity index (χ4n) is 3.24. The SMILES string of the molecule is O=CCCCCCNC(O)OC1Cc2ccccc2C#Cc2ccccc21. The number of carbonyl (C=O) groups is 1. The lowest BCUT2D eigenvalue weighted by molar-refractivity contribution is -0.155. The van der Waals surface area contributed by atoms with Crippen LogP contribution in [0.2, 0.25) is 0 Å². The highest BCUT2D eigenvalue weighted by molar-refractivity contribution is 5.52. The minimum atomic E-state index is -1.05. The molecule has 1 aliphatic rings. The zero-order valence-corrected chi connectivity index (χ0v) is 15.4. The Balaban J connectivity index is 1.67. The minimum absolute atomic E-state index is 0.283. The van der Waals surface area contributed by atoms with Gasteiger partial charge in [0.15, 0.2) is 0 Å². The molecule has 4 heteroatoms. The molecule has 0 saturated heterocycles. The van der Waals surface area contributed by atoms with Gasteiger partial charge in [0, 0.05) is 24.0 Å². The van der Waals surface area contributed by atoms with Crippen molar-refractivity contribution in [3.8, 4) is 11.8 Å². The summed E-state index contributed by atoms with van der Waals surface area (Å²) in [5.74, 6) is 6.48. The van der Waals surface area contributed by atoms with Gasteiger partial charge in [-0.1, -0.05) is 54.7 Å². The van der Waals surface area contributed by atoms with Gasteiger partial charge in [0.05, 0.1) is 6.10 Å². The van der Waals surface area contributed by atoms with E-state index in [4.69, 9.17) is 4.74 Å². The molecule has 0 heterocycles. The van der Waals surface area contributed by atoms with Crippen molar-refractivity contribution in [1.82, 2.24) is 5.32 Å². The predicted octanol–water partition coefficient (Wildman–Crippen LogP) is 3.33. The Morgan fingerprint density at radius 1 is 1.07 bits per heavy atom. The Bertz CT molecular complexity index is 822. The monoisotopic (exact) mass is 363 g/mol. The van der Waals surface area contributed by atoms with Crippen LogP contribution in [0.1, 0.15) is 54.0 Å². The number of unbranched alkanes of at least 4 members (excludes halogenated alkanes) is 3. The molecule has 0 fully saturated rings. The topological polar surface area (TPSA) is 58.6 Å². The molecule has 2 unspecified atom stereocenters. The van der Waals surface area contributed by atoms with Crippen molar-refractivity contribution < 1.29 is 14.6 Å². The molecule has 0 bridgehead atoms. The summed E-state index contributed by atoms with van der Waals surface area (Å²) in [6, 6.07) is 16.0. The van der Waals surface area contributed by atoms with E-state index in [2.05, 4.69) is 23.2 Å². The van der Waals surface area contributed by atoms with Crippen LogP contribution >= 0.6 is 0 Å². The molecule has 2 aromatic carbocycles. The predicted molar refractivity (Wildman–Crippen MR) is 105 cm³/mol. The Hall–Kier alpha value is -2.45. The lowest BCUT2D eigenvalue weighted by atomic mass is 9.92. The zero-order valence-electron chi connectivity index (χ0n) is 15.4. The average molecular weight is 363 g/mol. The van der Waals surface area contributed by atoms with Crippen molar-refractivity contribution in [3.05, 3.63) is 70.8 Å². The first-order valence-corrected chi connectivity index (χ1v) is 9.47. The fourth-order valence-corrected chi connectivity index (χ4v) is 3.24. The van der Waals surface area contributed by atoms with E-state index in [-0.39, 0.29) is 6.10 Å². The summed E-state index contributed by atoms with van der Waals surface area (Å²) in [6.45, 7) is 0.644. The second-order valence-corrected chi connectivity index (χ2v) is 6.65. The van der Waals surface area contributed by atoms with Gasteiger partial charge in [-0.15, -0.1) is 0 Å². The van der Waals surface area contributed by atoms with E-state index in [1.807, 2.05) is 42.5 Å². The van der Waals surface area contributed by atoms with Crippen LogP contribution in [0.25, 0.3) is 0 Å². The van der Waals surface area contributed by atoms with Gasteiger partial charge in [-0.25, -0.2) is 0 Å². The number of aliphatic hydroxyl groups excluding tert-OH is 1. The Morgan fingerprint density at radius 3 is 2.67 bits per heavy atom. The molecule has 0 aliphatic heterocycles. The number of aldehydes is 1. The third-order valence-electron chi connectivity index (χ3n) is 4.67. The van der Waals surface area contributed by atoms with E-state index in [1.54, 1.807) is 0 Å². The van der Waals surface area contributed by atoms with E-state index in [1.165, 1.54) is 0 Å². The van der Waals surface area contributed by atoms with Crippen molar-refractivity contribution in [2.75, 3.05) is 6.54 Å². The summed E-state index contributed by atoms with van der Waals surface area (Å²) in [5.41, 5.74) is 4.04.